The Bertz CT molecular complexity index is 2810. The minimum Gasteiger partial charge on any atom is -0.324 e. The maximum Gasteiger partial charge on any atom is 0.281 e. The summed E-state index contributed by atoms with van der Waals surface area (Å²) in [5, 5.41) is 49.4. The van der Waals surface area contributed by atoms with E-state index in [-0.39, 0.29) is 112 Å². The fourth-order valence-electron chi connectivity index (χ4n) is 6.52. The van der Waals surface area contributed by atoms with E-state index in [2.05, 4.69) is 39.9 Å². The Morgan fingerprint density at radius 3 is 1.13 bits per heavy atom. The Morgan fingerprint density at radius 2 is 0.750 bits per heavy atom. The number of nitro groups is 4. The zero-order valence-electron chi connectivity index (χ0n) is 25.7. The highest BCUT2D eigenvalue weighted by Crippen LogP contribution is 2.43. The van der Waals surface area contributed by atoms with Crippen LogP contribution in [0.1, 0.15) is 0 Å². The Hall–Kier alpha value is -8.16. The molecule has 2 aliphatic heterocycles. The van der Waals surface area contributed by atoms with Crippen LogP contribution in [0, 0.1) is 40.5 Å². The van der Waals surface area contributed by atoms with E-state index in [1.807, 2.05) is 0 Å². The maximum absolute atomic E-state index is 12.3. The number of aromatic amines is 2. The number of hydrogen-bond donors (Lipinski definition) is 2. The quantitative estimate of drug-likeness (QED) is 0.147. The van der Waals surface area contributed by atoms with Crippen LogP contribution >= 0.6 is 0 Å². The van der Waals surface area contributed by atoms with E-state index in [4.69, 9.17) is 0 Å². The highest BCUT2D eigenvalue weighted by molar-refractivity contribution is 6.11. The number of benzene rings is 4. The molecule has 0 radical (unpaired) electrons. The number of rotatable bonds is 4. The van der Waals surface area contributed by atoms with Gasteiger partial charge in [-0.3, -0.25) is 40.5 Å². The molecule has 7 aromatic rings. The molecule has 52 heavy (non-hydrogen) atoms. The number of aromatic nitrogens is 8. The van der Waals surface area contributed by atoms with Gasteiger partial charge < -0.3 is 9.97 Å². The van der Waals surface area contributed by atoms with Gasteiger partial charge in [0.1, 0.15) is 44.5 Å². The molecule has 0 saturated carbocycles. The molecule has 0 spiro atoms. The number of hydrogen-bond acceptors (Lipinski definition) is 14. The standard InChI is InChI=1S/C32H14N12O8/c45-41(46)17-9-1-5-13-21(17)29-33-25(13)37-30-22-14(6-2-10-18(22)42(47)48)27(34-30)39-32-24-16(8-4-12-20(24)44(51)52)28(36-32)40-31-23-15(26(35-31)38-29)7-3-11-19(23)43(49)50/h1-12H,(H2,33,34,35,36,37,38,39,40). The molecule has 2 aliphatic rings. The van der Waals surface area contributed by atoms with Crippen LogP contribution in [-0.2, 0) is 0 Å². The lowest BCUT2D eigenvalue weighted by atomic mass is 10.1. The van der Waals surface area contributed by atoms with E-state index in [0.29, 0.717) is 0 Å². The van der Waals surface area contributed by atoms with E-state index in [1.54, 1.807) is 0 Å². The molecule has 0 aliphatic carbocycles. The van der Waals surface area contributed by atoms with Crippen molar-refractivity contribution in [3.63, 3.8) is 0 Å². The highest BCUT2D eigenvalue weighted by atomic mass is 16.6. The third kappa shape index (κ3) is 4.27. The van der Waals surface area contributed by atoms with E-state index in [1.165, 1.54) is 72.8 Å². The van der Waals surface area contributed by atoms with Crippen molar-refractivity contribution in [2.75, 3.05) is 0 Å². The molecule has 0 saturated heterocycles. The Labute approximate surface area is 285 Å². The Kier molecular flexibility index (Phi) is 6.14. The third-order valence-electron chi connectivity index (χ3n) is 8.64. The summed E-state index contributed by atoms with van der Waals surface area (Å²) in [7, 11) is 0. The minimum atomic E-state index is -0.623. The molecule has 8 bridgehead atoms. The molecule has 5 heterocycles. The van der Waals surface area contributed by atoms with Gasteiger partial charge in [0.2, 0.25) is 0 Å². The van der Waals surface area contributed by atoms with Gasteiger partial charge in [-0.15, -0.1) is 0 Å². The summed E-state index contributed by atoms with van der Waals surface area (Å²) in [5.41, 5.74) is -1.33. The van der Waals surface area contributed by atoms with E-state index >= 15 is 0 Å². The summed E-state index contributed by atoms with van der Waals surface area (Å²) in [6.07, 6.45) is 0. The summed E-state index contributed by atoms with van der Waals surface area (Å²) in [5.74, 6) is -0.559. The summed E-state index contributed by atoms with van der Waals surface area (Å²) < 4.78 is 0. The summed E-state index contributed by atoms with van der Waals surface area (Å²) in [6.45, 7) is 0. The average molecular weight is 695 g/mol. The van der Waals surface area contributed by atoms with Crippen molar-refractivity contribution in [2.45, 2.75) is 0 Å². The molecule has 2 N–H and O–H groups in total. The number of nitro benzene ring substituents is 4. The van der Waals surface area contributed by atoms with Crippen molar-refractivity contribution >= 4 is 66.9 Å². The van der Waals surface area contributed by atoms with Crippen LogP contribution in [0.4, 0.5) is 22.7 Å². The van der Waals surface area contributed by atoms with Crippen molar-refractivity contribution in [3.8, 4) is 45.6 Å². The molecule has 0 amide bonds. The highest BCUT2D eigenvalue weighted by Gasteiger charge is 2.31. The molecule has 0 unspecified atom stereocenters. The zero-order chi connectivity index (χ0) is 36.0. The average Bonchev–Trinajstić information content (AvgIpc) is 3.86. The van der Waals surface area contributed by atoms with Crippen molar-refractivity contribution < 1.29 is 19.7 Å². The predicted octanol–water partition coefficient (Wildman–Crippen LogP) is 6.50. The van der Waals surface area contributed by atoms with Gasteiger partial charge in [-0.1, -0.05) is 36.4 Å². The van der Waals surface area contributed by atoms with Gasteiger partial charge in [-0.05, 0) is 12.1 Å². The van der Waals surface area contributed by atoms with Crippen LogP contribution in [0.2, 0.25) is 0 Å². The van der Waals surface area contributed by atoms with Crippen molar-refractivity contribution in [3.05, 3.63) is 113 Å². The third-order valence-corrected chi connectivity index (χ3v) is 8.64. The molecule has 250 valence electrons. The fourth-order valence-corrected chi connectivity index (χ4v) is 6.52. The number of nitrogens with zero attached hydrogens (tertiary/aromatic N) is 10. The second-order valence-electron chi connectivity index (χ2n) is 11.4. The lowest BCUT2D eigenvalue weighted by molar-refractivity contribution is -0.384. The first-order valence-electron chi connectivity index (χ1n) is 15.0. The lowest BCUT2D eigenvalue weighted by Crippen LogP contribution is -1.93. The van der Waals surface area contributed by atoms with Crippen LogP contribution in [0.25, 0.3) is 89.7 Å². The lowest BCUT2D eigenvalue weighted by Gasteiger charge is -1.99. The molecule has 3 aromatic heterocycles. The van der Waals surface area contributed by atoms with Crippen LogP contribution < -0.4 is 0 Å². The molecule has 9 rings (SSSR count). The first kappa shape index (κ1) is 29.9. The number of nitrogens with one attached hydrogen (secondary N) is 2. The van der Waals surface area contributed by atoms with Gasteiger partial charge in [0, 0.05) is 46.2 Å². The van der Waals surface area contributed by atoms with Crippen molar-refractivity contribution in [1.29, 1.82) is 0 Å². The topological polar surface area (TPSA) is 281 Å². The van der Waals surface area contributed by atoms with Crippen LogP contribution in [-0.4, -0.2) is 59.6 Å². The fraction of sp³-hybridized carbons (Fsp3) is 0. The summed E-state index contributed by atoms with van der Waals surface area (Å²) in [6, 6.07) is 16.8. The molecule has 20 nitrogen and oxygen atoms in total. The maximum atomic E-state index is 12.3. The first-order valence-corrected chi connectivity index (χ1v) is 15.0. The van der Waals surface area contributed by atoms with Gasteiger partial charge >= 0.3 is 0 Å². The molecular formula is C32H14N12O8. The predicted molar refractivity (Wildman–Crippen MR) is 183 cm³/mol. The molecular weight excluding hydrogens is 680 g/mol. The largest absolute Gasteiger partial charge is 0.324 e. The van der Waals surface area contributed by atoms with Gasteiger partial charge in [0.05, 0.1) is 19.7 Å². The van der Waals surface area contributed by atoms with Crippen LogP contribution in [0.3, 0.4) is 0 Å². The smallest absolute Gasteiger partial charge is 0.281 e. The monoisotopic (exact) mass is 694 g/mol. The number of fused-ring (bicyclic) bond motifs is 20. The van der Waals surface area contributed by atoms with Gasteiger partial charge in [-0.25, -0.2) is 29.9 Å². The van der Waals surface area contributed by atoms with Gasteiger partial charge in [-0.2, -0.15) is 0 Å². The molecule has 20 heteroatoms. The van der Waals surface area contributed by atoms with Crippen LogP contribution in [0.5, 0.6) is 0 Å². The number of non-ortho nitro benzene ring substituents is 2. The van der Waals surface area contributed by atoms with E-state index in [9.17, 15) is 40.5 Å². The number of H-pyrrole nitrogens is 2. The molecule has 0 atom stereocenters. The van der Waals surface area contributed by atoms with Gasteiger partial charge in [0.15, 0.2) is 23.3 Å². The Balaban J connectivity index is 1.55. The van der Waals surface area contributed by atoms with E-state index < -0.39 is 19.7 Å². The second kappa shape index (κ2) is 10.7. The Morgan fingerprint density at radius 1 is 0.404 bits per heavy atom. The SMILES string of the molecule is O=[N+]([O-])c1cccc2c1-c1nc-2nc2[nH]c(nc3nc(nc4[nH]c(n1)c1cccc([N+](=O)[O-])c41)-c1cccc([N+](=O)[O-])c1-3)c1cccc([N+](=O)[O-])c21. The summed E-state index contributed by atoms with van der Waals surface area (Å²) >= 11 is 0. The van der Waals surface area contributed by atoms with E-state index in [0.717, 1.165) is 0 Å². The van der Waals surface area contributed by atoms with Gasteiger partial charge in [0.25, 0.3) is 22.7 Å². The van der Waals surface area contributed by atoms with Crippen LogP contribution in [0.15, 0.2) is 72.8 Å². The first-order chi connectivity index (χ1) is 25.1. The summed E-state index contributed by atoms with van der Waals surface area (Å²) in [4.78, 5) is 80.0. The van der Waals surface area contributed by atoms with Crippen molar-refractivity contribution in [2.24, 2.45) is 0 Å². The zero-order valence-corrected chi connectivity index (χ0v) is 25.7. The minimum absolute atomic E-state index is 0.0105. The molecule has 4 aromatic carbocycles. The second-order valence-corrected chi connectivity index (χ2v) is 11.4. The normalized spacial score (nSPS) is 11.7. The molecule has 0 fully saturated rings. The van der Waals surface area contributed by atoms with Crippen molar-refractivity contribution in [1.82, 2.24) is 39.9 Å².